The number of hydrogen-bond acceptors (Lipinski definition) is 7. The molecule has 2 heterocycles. The number of benzene rings is 1. The van der Waals surface area contributed by atoms with Crippen molar-refractivity contribution in [3.8, 4) is 0 Å². The minimum absolute atomic E-state index is 0.259. The molecule has 1 aliphatic carbocycles. The van der Waals surface area contributed by atoms with E-state index in [-0.39, 0.29) is 5.92 Å². The highest BCUT2D eigenvalue weighted by atomic mass is 32.1. The van der Waals surface area contributed by atoms with Crippen molar-refractivity contribution >= 4 is 35.5 Å². The first kappa shape index (κ1) is 26.2. The number of rotatable bonds is 7. The molecule has 0 spiro atoms. The molecule has 2 N–H and O–H groups in total. The Morgan fingerprint density at radius 3 is 2.50 bits per heavy atom. The first-order valence-corrected chi connectivity index (χ1v) is 15.0. The van der Waals surface area contributed by atoms with Gasteiger partial charge in [0.2, 0.25) is 5.90 Å². The van der Waals surface area contributed by atoms with E-state index in [9.17, 15) is 9.47 Å². The highest BCUT2D eigenvalue weighted by molar-refractivity contribution is 7.70. The molecule has 1 atom stereocenters. The van der Waals surface area contributed by atoms with Crippen LogP contribution in [0.4, 0.5) is 0 Å². The van der Waals surface area contributed by atoms with Crippen molar-refractivity contribution in [2.24, 2.45) is 26.6 Å². The number of nitrogens with two attached hydrogens (primary N) is 1. The van der Waals surface area contributed by atoms with Gasteiger partial charge in [-0.15, -0.1) is 4.91 Å². The van der Waals surface area contributed by atoms with E-state index in [1.807, 2.05) is 19.2 Å². The fraction of sp³-hybridized carbons (Fsp3) is 0.407. The predicted octanol–water partition coefficient (Wildman–Crippen LogP) is 6.72. The molecule has 0 amide bonds. The molecule has 0 radical (unpaired) electrons. The van der Waals surface area contributed by atoms with Crippen molar-refractivity contribution in [3.05, 3.63) is 81.3 Å². The number of nitrogens with zero attached hydrogens (tertiary/aromatic N) is 3. The van der Waals surface area contributed by atoms with E-state index >= 15 is 0 Å². The molecule has 9 heteroatoms. The van der Waals surface area contributed by atoms with Gasteiger partial charge in [-0.25, -0.2) is 9.98 Å². The molecule has 2 aliphatic rings. The normalized spacial score (nSPS) is 25.9. The molecule has 1 unspecified atom stereocenters. The number of aliphatic imine (C=N–C) groups is 2. The third-order valence-corrected chi connectivity index (χ3v) is 10.2. The third-order valence-electron chi connectivity index (χ3n) is 6.98. The van der Waals surface area contributed by atoms with Crippen LogP contribution in [0.2, 0.25) is 0 Å². The highest BCUT2D eigenvalue weighted by Gasteiger charge is 2.37. The summed E-state index contributed by atoms with van der Waals surface area (Å²) in [4.78, 5) is 23.6. The van der Waals surface area contributed by atoms with Gasteiger partial charge in [0.25, 0.3) is 7.29 Å². The Hall–Kier alpha value is -2.83. The lowest BCUT2D eigenvalue weighted by Gasteiger charge is -2.33. The van der Waals surface area contributed by atoms with Crippen molar-refractivity contribution in [1.82, 2.24) is 0 Å². The molecule has 0 saturated heterocycles. The standard InChI is InChI=1S/C27H33N4O3PS/c1-5-29-26-24(18(2)28)30-25(27(3,4)34-26)22-12-10-21(11-13-22)20-8-6-19(7-9-20)16-35(33,31-32)23-14-15-36-17-23/h5,10-15,17,19-20H,1,6-9,16,28H2,2-4H3/b24-18-,29-26?. The number of ether oxygens (including phenoxy) is 1. The van der Waals surface area contributed by atoms with Crippen LogP contribution in [0.3, 0.4) is 0 Å². The topological polar surface area (TPSA) is 106 Å². The number of hydrogen-bond donors (Lipinski definition) is 1. The van der Waals surface area contributed by atoms with Gasteiger partial charge < -0.3 is 10.5 Å². The Bertz CT molecular complexity index is 1250. The Morgan fingerprint density at radius 2 is 1.94 bits per heavy atom. The average Bonchev–Trinajstić information content (AvgIpc) is 3.40. The van der Waals surface area contributed by atoms with Gasteiger partial charge in [-0.3, -0.25) is 4.57 Å². The van der Waals surface area contributed by atoms with Crippen LogP contribution in [-0.2, 0) is 9.30 Å². The lowest BCUT2D eigenvalue weighted by molar-refractivity contribution is 0.164. The molecule has 190 valence electrons. The second-order valence-corrected chi connectivity index (χ2v) is 13.2. The molecule has 4 rings (SSSR count). The van der Waals surface area contributed by atoms with Crippen LogP contribution in [0.5, 0.6) is 0 Å². The summed E-state index contributed by atoms with van der Waals surface area (Å²) in [5.74, 6) is 1.07. The molecule has 36 heavy (non-hydrogen) atoms. The average molecular weight is 525 g/mol. The first-order chi connectivity index (χ1) is 17.2. The summed E-state index contributed by atoms with van der Waals surface area (Å²) < 4.78 is 19.3. The number of nitroso groups, excluding NO2 is 1. The van der Waals surface area contributed by atoms with E-state index in [4.69, 9.17) is 15.5 Å². The van der Waals surface area contributed by atoms with Gasteiger partial charge in [-0.2, -0.15) is 11.3 Å². The molecule has 1 aliphatic heterocycles. The predicted molar refractivity (Wildman–Crippen MR) is 150 cm³/mol. The van der Waals surface area contributed by atoms with Crippen LogP contribution in [0, 0.1) is 10.8 Å². The van der Waals surface area contributed by atoms with E-state index in [0.717, 1.165) is 37.0 Å². The van der Waals surface area contributed by atoms with Crippen LogP contribution in [0.15, 0.2) is 80.2 Å². The second kappa shape index (κ2) is 10.7. The van der Waals surface area contributed by atoms with Crippen LogP contribution in [-0.4, -0.2) is 23.4 Å². The smallest absolute Gasteiger partial charge is 0.261 e. The Morgan fingerprint density at radius 1 is 1.25 bits per heavy atom. The van der Waals surface area contributed by atoms with Gasteiger partial charge in [0.15, 0.2) is 0 Å². The van der Waals surface area contributed by atoms with Gasteiger partial charge in [-0.1, -0.05) is 30.8 Å². The van der Waals surface area contributed by atoms with Crippen LogP contribution < -0.4 is 11.0 Å². The van der Waals surface area contributed by atoms with E-state index < -0.39 is 12.9 Å². The van der Waals surface area contributed by atoms with Gasteiger partial charge in [0.05, 0.1) is 5.71 Å². The third kappa shape index (κ3) is 5.45. The van der Waals surface area contributed by atoms with Gasteiger partial charge in [0, 0.05) is 34.3 Å². The van der Waals surface area contributed by atoms with Crippen molar-refractivity contribution in [1.29, 1.82) is 0 Å². The summed E-state index contributed by atoms with van der Waals surface area (Å²) in [6.45, 7) is 9.36. The maximum atomic E-state index is 13.1. The maximum absolute atomic E-state index is 13.1. The van der Waals surface area contributed by atoms with Crippen molar-refractivity contribution in [2.45, 2.75) is 58.0 Å². The zero-order valence-corrected chi connectivity index (χ0v) is 22.7. The zero-order valence-electron chi connectivity index (χ0n) is 21.0. The van der Waals surface area contributed by atoms with Gasteiger partial charge >= 0.3 is 0 Å². The Kier molecular flexibility index (Phi) is 7.76. The minimum Gasteiger partial charge on any atom is -0.464 e. The maximum Gasteiger partial charge on any atom is 0.261 e. The monoisotopic (exact) mass is 524 g/mol. The molecule has 1 aromatic carbocycles. The largest absolute Gasteiger partial charge is 0.464 e. The van der Waals surface area contributed by atoms with Gasteiger partial charge in [-0.05, 0) is 80.2 Å². The van der Waals surface area contributed by atoms with Crippen LogP contribution in [0.25, 0.3) is 0 Å². The number of thiophene rings is 1. The molecule has 7 nitrogen and oxygen atoms in total. The lowest BCUT2D eigenvalue weighted by atomic mass is 9.79. The quantitative estimate of drug-likeness (QED) is 0.320. The van der Waals surface area contributed by atoms with Crippen LogP contribution in [0.1, 0.15) is 63.5 Å². The molecular formula is C27H33N4O3PS. The second-order valence-electron chi connectivity index (χ2n) is 10.0. The van der Waals surface area contributed by atoms with Crippen LogP contribution >= 0.6 is 18.6 Å². The molecule has 2 aromatic rings. The van der Waals surface area contributed by atoms with E-state index in [0.29, 0.717) is 34.7 Å². The summed E-state index contributed by atoms with van der Waals surface area (Å²) >= 11 is 1.45. The van der Waals surface area contributed by atoms with Crippen molar-refractivity contribution < 1.29 is 9.30 Å². The molecular weight excluding hydrogens is 491 g/mol. The van der Waals surface area contributed by atoms with E-state index in [2.05, 4.69) is 40.8 Å². The SMILES string of the molecule is C=CN=C1OC(C)(C)C(c2ccc(C3CCC(CP(=O)(N=O)c4ccsc4)CC3)cc2)=N/C1=C(/C)N. The molecule has 1 fully saturated rings. The summed E-state index contributed by atoms with van der Waals surface area (Å²) in [6, 6.07) is 10.3. The Labute approximate surface area is 216 Å². The fourth-order valence-electron chi connectivity index (χ4n) is 5.06. The molecule has 0 bridgehead atoms. The Balaban J connectivity index is 1.46. The lowest BCUT2D eigenvalue weighted by Crippen LogP contribution is -2.42. The summed E-state index contributed by atoms with van der Waals surface area (Å²) in [5, 5.41) is 4.24. The summed E-state index contributed by atoms with van der Waals surface area (Å²) in [6.07, 6.45) is 5.69. The van der Waals surface area contributed by atoms with Gasteiger partial charge in [0.1, 0.15) is 11.3 Å². The zero-order chi connectivity index (χ0) is 25.9. The molecule has 1 aromatic heterocycles. The van der Waals surface area contributed by atoms with E-state index in [1.54, 1.807) is 18.4 Å². The van der Waals surface area contributed by atoms with Crippen molar-refractivity contribution in [3.63, 3.8) is 0 Å². The van der Waals surface area contributed by atoms with E-state index in [1.165, 1.54) is 23.1 Å². The minimum atomic E-state index is -3.19. The summed E-state index contributed by atoms with van der Waals surface area (Å²) in [7, 11) is -3.19. The van der Waals surface area contributed by atoms with Crippen molar-refractivity contribution in [2.75, 3.05) is 6.16 Å². The number of allylic oxidation sites excluding steroid dienone is 1. The highest BCUT2D eigenvalue weighted by Crippen LogP contribution is 2.51. The first-order valence-electron chi connectivity index (χ1n) is 12.2. The fourth-order valence-corrected chi connectivity index (χ4v) is 8.26. The molecule has 1 saturated carbocycles. The summed E-state index contributed by atoms with van der Waals surface area (Å²) in [5.41, 5.74) is 9.49.